The number of alkyl halides is 3. The van der Waals surface area contributed by atoms with Gasteiger partial charge >= 0.3 is 6.18 Å². The molecule has 0 unspecified atom stereocenters. The van der Waals surface area contributed by atoms with E-state index in [2.05, 4.69) is 15.5 Å². The first kappa shape index (κ1) is 14.4. The number of aromatic nitrogens is 4. The Balaban J connectivity index is 1.96. The molecule has 0 aliphatic carbocycles. The lowest BCUT2D eigenvalue weighted by atomic mass is 10.3. The second kappa shape index (κ2) is 5.56. The fourth-order valence-electron chi connectivity index (χ4n) is 1.90. The van der Waals surface area contributed by atoms with Gasteiger partial charge in [-0.1, -0.05) is 0 Å². The molecule has 0 saturated heterocycles. The van der Waals surface area contributed by atoms with Crippen molar-refractivity contribution in [1.29, 1.82) is 0 Å². The lowest BCUT2D eigenvalue weighted by molar-refractivity contribution is -0.142. The molecule has 8 heteroatoms. The summed E-state index contributed by atoms with van der Waals surface area (Å²) in [6.07, 6.45) is 0.271. The van der Waals surface area contributed by atoms with Crippen molar-refractivity contribution >= 4 is 5.69 Å². The van der Waals surface area contributed by atoms with Gasteiger partial charge in [-0.2, -0.15) is 23.4 Å². The van der Waals surface area contributed by atoms with E-state index in [1.165, 1.54) is 12.4 Å². The Morgan fingerprint density at radius 3 is 2.60 bits per heavy atom. The lowest BCUT2D eigenvalue weighted by Gasteiger charge is -2.06. The van der Waals surface area contributed by atoms with E-state index in [0.717, 1.165) is 22.6 Å². The molecule has 2 rings (SSSR count). The highest BCUT2D eigenvalue weighted by Crippen LogP contribution is 2.18. The SMILES string of the molecule is CCn1ncc(NCc2cnn(CC(F)(F)F)c2)c1C. The van der Waals surface area contributed by atoms with Crippen molar-refractivity contribution in [2.24, 2.45) is 0 Å². The van der Waals surface area contributed by atoms with Crippen LogP contribution in [0.1, 0.15) is 18.2 Å². The van der Waals surface area contributed by atoms with Crippen LogP contribution in [-0.2, 0) is 19.6 Å². The topological polar surface area (TPSA) is 47.7 Å². The van der Waals surface area contributed by atoms with Crippen molar-refractivity contribution in [2.75, 3.05) is 5.32 Å². The third kappa shape index (κ3) is 3.52. The molecule has 5 nitrogen and oxygen atoms in total. The second-order valence-electron chi connectivity index (χ2n) is 4.47. The van der Waals surface area contributed by atoms with Crippen LogP contribution in [0.15, 0.2) is 18.6 Å². The molecule has 0 aromatic carbocycles. The number of nitrogens with zero attached hydrogens (tertiary/aromatic N) is 4. The molecule has 0 fully saturated rings. The summed E-state index contributed by atoms with van der Waals surface area (Å²) in [6, 6.07) is 0. The minimum absolute atomic E-state index is 0.411. The molecule has 0 aliphatic rings. The van der Waals surface area contributed by atoms with Gasteiger partial charge in [0.15, 0.2) is 0 Å². The standard InChI is InChI=1S/C12H16F3N5/c1-3-20-9(2)11(6-18-20)16-4-10-5-17-19(7-10)8-12(13,14)15/h5-7,16H,3-4,8H2,1-2H3. The van der Waals surface area contributed by atoms with Crippen molar-refractivity contribution in [3.63, 3.8) is 0 Å². The molecule has 2 aromatic heterocycles. The van der Waals surface area contributed by atoms with Crippen molar-refractivity contribution in [3.8, 4) is 0 Å². The van der Waals surface area contributed by atoms with Gasteiger partial charge in [0.25, 0.3) is 0 Å². The first-order valence-corrected chi connectivity index (χ1v) is 6.23. The average molecular weight is 287 g/mol. The molecule has 0 aliphatic heterocycles. The average Bonchev–Trinajstić information content (AvgIpc) is 2.92. The van der Waals surface area contributed by atoms with Crippen LogP contribution < -0.4 is 5.32 Å². The van der Waals surface area contributed by atoms with Gasteiger partial charge in [-0.15, -0.1) is 0 Å². The summed E-state index contributed by atoms with van der Waals surface area (Å²) in [5.41, 5.74) is 2.56. The molecule has 2 heterocycles. The lowest BCUT2D eigenvalue weighted by Crippen LogP contribution is -2.17. The third-order valence-electron chi connectivity index (χ3n) is 2.91. The van der Waals surface area contributed by atoms with Crippen molar-refractivity contribution in [2.45, 2.75) is 39.7 Å². The molecule has 0 bridgehead atoms. The van der Waals surface area contributed by atoms with Gasteiger partial charge in [0.05, 0.1) is 23.8 Å². The first-order chi connectivity index (χ1) is 9.39. The van der Waals surface area contributed by atoms with Crippen LogP contribution in [0, 0.1) is 6.92 Å². The summed E-state index contributed by atoms with van der Waals surface area (Å²) in [4.78, 5) is 0. The fourth-order valence-corrected chi connectivity index (χ4v) is 1.90. The summed E-state index contributed by atoms with van der Waals surface area (Å²) in [6.45, 7) is 4.04. The largest absolute Gasteiger partial charge is 0.408 e. The Kier molecular flexibility index (Phi) is 4.01. The minimum atomic E-state index is -4.25. The highest BCUT2D eigenvalue weighted by atomic mass is 19.4. The number of halogens is 3. The predicted octanol–water partition coefficient (Wildman–Crippen LogP) is 2.58. The van der Waals surface area contributed by atoms with Crippen molar-refractivity contribution in [1.82, 2.24) is 19.6 Å². The maximum absolute atomic E-state index is 12.2. The predicted molar refractivity (Wildman–Crippen MR) is 68.2 cm³/mol. The smallest absolute Gasteiger partial charge is 0.378 e. The Hall–Kier alpha value is -1.99. The monoisotopic (exact) mass is 287 g/mol. The highest BCUT2D eigenvalue weighted by molar-refractivity contribution is 5.46. The zero-order chi connectivity index (χ0) is 14.8. The van der Waals surface area contributed by atoms with Crippen LogP contribution in [0.4, 0.5) is 18.9 Å². The molecular formula is C12H16F3N5. The molecule has 0 saturated carbocycles. The molecular weight excluding hydrogens is 271 g/mol. The number of rotatable bonds is 5. The normalized spacial score (nSPS) is 11.8. The minimum Gasteiger partial charge on any atom is -0.378 e. The van der Waals surface area contributed by atoms with Gasteiger partial charge < -0.3 is 5.32 Å². The Bertz CT molecular complexity index is 570. The first-order valence-electron chi connectivity index (χ1n) is 6.23. The van der Waals surface area contributed by atoms with Gasteiger partial charge in [0.2, 0.25) is 0 Å². The highest BCUT2D eigenvalue weighted by Gasteiger charge is 2.28. The van der Waals surface area contributed by atoms with Crippen LogP contribution >= 0.6 is 0 Å². The van der Waals surface area contributed by atoms with E-state index in [1.807, 2.05) is 18.5 Å². The fraction of sp³-hybridized carbons (Fsp3) is 0.500. The van der Waals surface area contributed by atoms with Crippen LogP contribution in [0.5, 0.6) is 0 Å². The van der Waals surface area contributed by atoms with E-state index in [0.29, 0.717) is 12.1 Å². The van der Waals surface area contributed by atoms with E-state index in [4.69, 9.17) is 0 Å². The van der Waals surface area contributed by atoms with E-state index in [-0.39, 0.29) is 0 Å². The zero-order valence-corrected chi connectivity index (χ0v) is 11.3. The van der Waals surface area contributed by atoms with Crippen LogP contribution in [0.3, 0.4) is 0 Å². The summed E-state index contributed by atoms with van der Waals surface area (Å²) < 4.78 is 39.4. The van der Waals surface area contributed by atoms with Gasteiger partial charge in [-0.05, 0) is 13.8 Å². The van der Waals surface area contributed by atoms with Gasteiger partial charge in [0.1, 0.15) is 6.54 Å². The van der Waals surface area contributed by atoms with E-state index >= 15 is 0 Å². The Morgan fingerprint density at radius 1 is 1.25 bits per heavy atom. The molecule has 20 heavy (non-hydrogen) atoms. The van der Waals surface area contributed by atoms with E-state index in [1.54, 1.807) is 6.20 Å². The maximum atomic E-state index is 12.2. The zero-order valence-electron chi connectivity index (χ0n) is 11.3. The van der Waals surface area contributed by atoms with Crippen LogP contribution in [0.2, 0.25) is 0 Å². The number of hydrogen-bond donors (Lipinski definition) is 1. The van der Waals surface area contributed by atoms with Crippen molar-refractivity contribution < 1.29 is 13.2 Å². The Labute approximate surface area is 114 Å². The third-order valence-corrected chi connectivity index (χ3v) is 2.91. The van der Waals surface area contributed by atoms with Gasteiger partial charge in [0, 0.05) is 24.8 Å². The molecule has 0 radical (unpaired) electrons. The van der Waals surface area contributed by atoms with Crippen LogP contribution in [0.25, 0.3) is 0 Å². The van der Waals surface area contributed by atoms with Crippen molar-refractivity contribution in [3.05, 3.63) is 29.8 Å². The quantitative estimate of drug-likeness (QED) is 0.919. The molecule has 1 N–H and O–H groups in total. The number of anilines is 1. The number of hydrogen-bond acceptors (Lipinski definition) is 3. The van der Waals surface area contributed by atoms with Gasteiger partial charge in [-0.25, -0.2) is 0 Å². The van der Waals surface area contributed by atoms with Gasteiger partial charge in [-0.3, -0.25) is 9.36 Å². The molecule has 0 atom stereocenters. The van der Waals surface area contributed by atoms with Crippen LogP contribution in [-0.4, -0.2) is 25.7 Å². The summed E-state index contributed by atoms with van der Waals surface area (Å²) in [5.74, 6) is 0. The summed E-state index contributed by atoms with van der Waals surface area (Å²) in [7, 11) is 0. The van der Waals surface area contributed by atoms with E-state index in [9.17, 15) is 13.2 Å². The second-order valence-corrected chi connectivity index (χ2v) is 4.47. The summed E-state index contributed by atoms with van der Waals surface area (Å²) >= 11 is 0. The maximum Gasteiger partial charge on any atom is 0.408 e. The molecule has 2 aromatic rings. The molecule has 110 valence electrons. The molecule has 0 amide bonds. The molecule has 0 spiro atoms. The van der Waals surface area contributed by atoms with E-state index < -0.39 is 12.7 Å². The number of aryl methyl sites for hydroxylation is 1. The summed E-state index contributed by atoms with van der Waals surface area (Å²) in [5, 5.41) is 11.0. The number of nitrogens with one attached hydrogen (secondary N) is 1. The Morgan fingerprint density at radius 2 is 2.00 bits per heavy atom.